The second-order valence-corrected chi connectivity index (χ2v) is 8.26. The molecular formula is C23H24F2N4O2. The average Bonchev–Trinajstić information content (AvgIpc) is 3.46. The summed E-state index contributed by atoms with van der Waals surface area (Å²) in [6.45, 7) is 5.47. The second-order valence-electron chi connectivity index (χ2n) is 8.26. The predicted octanol–water partition coefficient (Wildman–Crippen LogP) is 4.39. The minimum Gasteiger partial charge on any atom is -0.489 e. The van der Waals surface area contributed by atoms with Gasteiger partial charge in [0.25, 0.3) is 0 Å². The lowest BCUT2D eigenvalue weighted by Crippen LogP contribution is -2.30. The molecule has 162 valence electrons. The Hall–Kier alpha value is -3.16. The summed E-state index contributed by atoms with van der Waals surface area (Å²) in [7, 11) is 0. The van der Waals surface area contributed by atoms with Crippen molar-refractivity contribution in [1.29, 1.82) is 0 Å². The molecule has 8 heteroatoms. The number of amides is 1. The van der Waals surface area contributed by atoms with Crippen molar-refractivity contribution in [2.75, 3.05) is 11.9 Å². The topological polar surface area (TPSA) is 77.0 Å². The Bertz CT molecular complexity index is 1090. The number of anilines is 1. The van der Waals surface area contributed by atoms with Crippen LogP contribution in [-0.4, -0.2) is 27.5 Å². The Balaban J connectivity index is 1.53. The number of hydrogen-bond donors (Lipinski definition) is 1. The van der Waals surface area contributed by atoms with Crippen LogP contribution < -0.4 is 10.1 Å². The number of halogens is 2. The molecule has 0 aromatic carbocycles. The first-order valence-corrected chi connectivity index (χ1v) is 10.2. The number of allylic oxidation sites excluding steroid dienone is 4. The van der Waals surface area contributed by atoms with Gasteiger partial charge in [-0.2, -0.15) is 0 Å². The molecule has 6 nitrogen and oxygen atoms in total. The Morgan fingerprint density at radius 2 is 2.06 bits per heavy atom. The van der Waals surface area contributed by atoms with E-state index in [0.717, 1.165) is 6.20 Å². The lowest BCUT2D eigenvalue weighted by molar-refractivity contribution is -0.118. The second kappa shape index (κ2) is 8.17. The monoisotopic (exact) mass is 426 g/mol. The molecule has 1 fully saturated rings. The largest absolute Gasteiger partial charge is 0.489 e. The first-order chi connectivity index (χ1) is 14.8. The minimum atomic E-state index is -0.557. The maximum atomic E-state index is 14.0. The summed E-state index contributed by atoms with van der Waals surface area (Å²) in [6, 6.07) is 1.49. The molecule has 3 atom stereocenters. The van der Waals surface area contributed by atoms with E-state index in [-0.39, 0.29) is 36.6 Å². The normalized spacial score (nSPS) is 24.5. The van der Waals surface area contributed by atoms with Crippen LogP contribution in [0.25, 0.3) is 0 Å². The fraction of sp³-hybridized carbons (Fsp3) is 0.391. The molecule has 31 heavy (non-hydrogen) atoms. The van der Waals surface area contributed by atoms with E-state index < -0.39 is 11.2 Å². The molecule has 0 radical (unpaired) electrons. The third kappa shape index (κ3) is 4.33. The van der Waals surface area contributed by atoms with Crippen molar-refractivity contribution >= 4 is 11.7 Å². The first-order valence-electron chi connectivity index (χ1n) is 10.2. The number of nitrogens with one attached hydrogen (secondary N) is 1. The molecule has 1 amide bonds. The Morgan fingerprint density at radius 1 is 1.26 bits per heavy atom. The van der Waals surface area contributed by atoms with Crippen LogP contribution >= 0.6 is 0 Å². The Morgan fingerprint density at radius 3 is 2.77 bits per heavy atom. The van der Waals surface area contributed by atoms with Gasteiger partial charge >= 0.3 is 0 Å². The van der Waals surface area contributed by atoms with Gasteiger partial charge in [0.1, 0.15) is 23.3 Å². The first kappa shape index (κ1) is 21.1. The summed E-state index contributed by atoms with van der Waals surface area (Å²) in [5, 5.41) is 2.76. The van der Waals surface area contributed by atoms with Gasteiger partial charge in [-0.25, -0.2) is 23.7 Å². The van der Waals surface area contributed by atoms with Crippen LogP contribution in [0.1, 0.15) is 29.9 Å². The molecule has 1 unspecified atom stereocenters. The van der Waals surface area contributed by atoms with Crippen molar-refractivity contribution < 1.29 is 18.3 Å². The van der Waals surface area contributed by atoms with Crippen LogP contribution in [-0.2, 0) is 4.79 Å². The predicted molar refractivity (Wildman–Crippen MR) is 112 cm³/mol. The van der Waals surface area contributed by atoms with Gasteiger partial charge in [0.15, 0.2) is 5.75 Å². The maximum Gasteiger partial charge on any atom is 0.229 e. The molecule has 2 aromatic heterocycles. The highest BCUT2D eigenvalue weighted by atomic mass is 19.1. The molecule has 2 aliphatic carbocycles. The maximum absolute atomic E-state index is 14.0. The van der Waals surface area contributed by atoms with E-state index in [1.165, 1.54) is 12.1 Å². The molecule has 0 saturated heterocycles. The van der Waals surface area contributed by atoms with Crippen LogP contribution in [0.4, 0.5) is 14.6 Å². The van der Waals surface area contributed by atoms with E-state index >= 15 is 0 Å². The number of pyridine rings is 1. The van der Waals surface area contributed by atoms with E-state index in [0.29, 0.717) is 35.1 Å². The quantitative estimate of drug-likeness (QED) is 0.741. The fourth-order valence-electron chi connectivity index (χ4n) is 4.13. The smallest absolute Gasteiger partial charge is 0.229 e. The number of hydrogen-bond acceptors (Lipinski definition) is 5. The van der Waals surface area contributed by atoms with Gasteiger partial charge in [-0.1, -0.05) is 12.2 Å². The molecule has 1 saturated carbocycles. The summed E-state index contributed by atoms with van der Waals surface area (Å²) in [5.74, 6) is 0.0345. The number of nitrogens with zero attached hydrogens (tertiary/aromatic N) is 3. The molecule has 2 aromatic rings. The van der Waals surface area contributed by atoms with E-state index in [1.807, 2.05) is 13.0 Å². The third-order valence-electron chi connectivity index (χ3n) is 6.06. The van der Waals surface area contributed by atoms with Crippen molar-refractivity contribution in [3.8, 4) is 5.75 Å². The number of carbonyl (C=O) groups excluding carboxylic acids is 1. The zero-order chi connectivity index (χ0) is 22.2. The molecular weight excluding hydrogens is 402 g/mol. The van der Waals surface area contributed by atoms with Gasteiger partial charge in [0.05, 0.1) is 24.7 Å². The highest BCUT2D eigenvalue weighted by molar-refractivity contribution is 5.94. The summed E-state index contributed by atoms with van der Waals surface area (Å²) in [6.07, 6.45) is 8.52. The van der Waals surface area contributed by atoms with Gasteiger partial charge in [0, 0.05) is 17.8 Å². The highest BCUT2D eigenvalue weighted by Crippen LogP contribution is 2.60. The fourth-order valence-corrected chi connectivity index (χ4v) is 4.13. The van der Waals surface area contributed by atoms with Crippen molar-refractivity contribution in [3.05, 3.63) is 65.4 Å². The summed E-state index contributed by atoms with van der Waals surface area (Å²) < 4.78 is 33.5. The van der Waals surface area contributed by atoms with Gasteiger partial charge in [-0.05, 0) is 50.8 Å². The number of aryl methyl sites for hydroxylation is 3. The molecule has 0 bridgehead atoms. The number of rotatable bonds is 6. The van der Waals surface area contributed by atoms with Crippen molar-refractivity contribution in [3.63, 3.8) is 0 Å². The minimum absolute atomic E-state index is 0.178. The lowest BCUT2D eigenvalue weighted by atomic mass is 9.82. The average molecular weight is 426 g/mol. The van der Waals surface area contributed by atoms with E-state index in [4.69, 9.17) is 4.74 Å². The number of aromatic nitrogens is 3. The Kier molecular flexibility index (Phi) is 5.56. The van der Waals surface area contributed by atoms with E-state index in [2.05, 4.69) is 20.3 Å². The number of ether oxygens (including phenoxy) is 1. The zero-order valence-electron chi connectivity index (χ0n) is 17.7. The molecule has 4 rings (SSSR count). The molecule has 1 N–H and O–H groups in total. The third-order valence-corrected chi connectivity index (χ3v) is 6.06. The van der Waals surface area contributed by atoms with Crippen LogP contribution in [0.2, 0.25) is 0 Å². The van der Waals surface area contributed by atoms with Crippen molar-refractivity contribution in [2.45, 2.75) is 33.6 Å². The van der Waals surface area contributed by atoms with Crippen molar-refractivity contribution in [2.24, 2.45) is 17.3 Å². The van der Waals surface area contributed by atoms with Crippen LogP contribution in [0.3, 0.4) is 0 Å². The standard InChI is InChI=1S/C23H24F2N4O2/c1-13-7-21(27-10-19(13)25)29-22(30)18-9-23(18,16-5-4-6-17(24)8-16)12-31-20-11-26-15(3)28-14(20)2/h4-7,10-11,16,18H,8-9,12H2,1-3H3,(H,27,29,30)/t16?,18-,23+/m0/s1. The van der Waals surface area contributed by atoms with Gasteiger partial charge < -0.3 is 10.1 Å². The summed E-state index contributed by atoms with van der Waals surface area (Å²) >= 11 is 0. The molecule has 0 aliphatic heterocycles. The van der Waals surface area contributed by atoms with E-state index in [1.54, 1.807) is 26.1 Å². The highest BCUT2D eigenvalue weighted by Gasteiger charge is 2.62. The SMILES string of the molecule is Cc1ncc(OC[C@@]2(C3C=CC=C(F)C3)C[C@H]2C(=O)Nc2cc(C)c(F)cn2)c(C)n1. The van der Waals surface area contributed by atoms with Crippen LogP contribution in [0, 0.1) is 43.8 Å². The van der Waals surface area contributed by atoms with Crippen LogP contribution in [0.15, 0.2) is 42.5 Å². The summed E-state index contributed by atoms with van der Waals surface area (Å²) in [4.78, 5) is 25.4. The number of carbonyl (C=O) groups is 1. The zero-order valence-corrected chi connectivity index (χ0v) is 17.7. The van der Waals surface area contributed by atoms with Crippen molar-refractivity contribution in [1.82, 2.24) is 15.0 Å². The summed E-state index contributed by atoms with van der Waals surface area (Å²) in [5.41, 5.74) is 0.548. The molecule has 2 aliphatic rings. The lowest BCUT2D eigenvalue weighted by Gasteiger charge is -2.27. The van der Waals surface area contributed by atoms with Gasteiger partial charge in [0.2, 0.25) is 5.91 Å². The van der Waals surface area contributed by atoms with Gasteiger partial charge in [-0.15, -0.1) is 0 Å². The molecule has 0 spiro atoms. The van der Waals surface area contributed by atoms with Crippen LogP contribution in [0.5, 0.6) is 5.75 Å². The molecule has 2 heterocycles. The van der Waals surface area contributed by atoms with E-state index in [9.17, 15) is 13.6 Å². The Labute approximate surface area is 179 Å². The van der Waals surface area contributed by atoms with Gasteiger partial charge in [-0.3, -0.25) is 4.79 Å².